The first kappa shape index (κ1) is 9.77. The molecule has 1 aromatic heterocycles. The van der Waals surface area contributed by atoms with Crippen molar-refractivity contribution in [2.75, 3.05) is 5.73 Å². The van der Waals surface area contributed by atoms with Crippen LogP contribution in [0, 0.1) is 5.92 Å². The molecule has 0 aromatic carbocycles. The Morgan fingerprint density at radius 3 is 2.93 bits per heavy atom. The van der Waals surface area contributed by atoms with E-state index in [0.717, 1.165) is 18.9 Å². The highest BCUT2D eigenvalue weighted by Gasteiger charge is 2.20. The average Bonchev–Trinajstić information content (AvgIpc) is 2.97. The predicted octanol–water partition coefficient (Wildman–Crippen LogP) is 1.99. The monoisotopic (exact) mass is 256 g/mol. The average molecular weight is 257 g/mol. The summed E-state index contributed by atoms with van der Waals surface area (Å²) in [5, 5.41) is 0. The number of pyridine rings is 1. The van der Waals surface area contributed by atoms with Gasteiger partial charge in [0.1, 0.15) is 5.69 Å². The van der Waals surface area contributed by atoms with E-state index in [1.807, 2.05) is 6.07 Å². The lowest BCUT2D eigenvalue weighted by molar-refractivity contribution is 0.582. The number of anilines is 1. The molecule has 0 bridgehead atoms. The highest BCUT2D eigenvalue weighted by molar-refractivity contribution is 9.10. The van der Waals surface area contributed by atoms with Crippen molar-refractivity contribution in [1.29, 1.82) is 0 Å². The van der Waals surface area contributed by atoms with Crippen molar-refractivity contribution in [2.24, 2.45) is 5.92 Å². The van der Waals surface area contributed by atoms with Crippen LogP contribution in [-0.4, -0.2) is 4.57 Å². The second kappa shape index (κ2) is 3.77. The van der Waals surface area contributed by atoms with Gasteiger partial charge in [-0.2, -0.15) is 0 Å². The van der Waals surface area contributed by atoms with Gasteiger partial charge in [-0.25, -0.2) is 0 Å². The first-order chi connectivity index (χ1) is 6.68. The smallest absolute Gasteiger partial charge is 0.274 e. The van der Waals surface area contributed by atoms with Gasteiger partial charge in [-0.1, -0.05) is 12.8 Å². The van der Waals surface area contributed by atoms with Gasteiger partial charge in [0.05, 0.1) is 0 Å². The molecule has 1 heterocycles. The Balaban J connectivity index is 2.16. The summed E-state index contributed by atoms with van der Waals surface area (Å²) in [6.07, 6.45) is 5.54. The minimum absolute atomic E-state index is 0.0833. The standard InChI is InChI=1S/C10H13BrN2O/c11-8-4-6-13(10(14)9(8)12)5-3-7-1-2-7/h4,6-7H,1-3,5,12H2. The fraction of sp³-hybridized carbons (Fsp3) is 0.500. The van der Waals surface area contributed by atoms with E-state index in [1.54, 1.807) is 10.8 Å². The highest BCUT2D eigenvalue weighted by Crippen LogP contribution is 2.32. The Morgan fingerprint density at radius 2 is 2.29 bits per heavy atom. The molecule has 3 nitrogen and oxygen atoms in total. The minimum atomic E-state index is -0.0833. The van der Waals surface area contributed by atoms with Gasteiger partial charge in [-0.15, -0.1) is 0 Å². The van der Waals surface area contributed by atoms with Crippen molar-refractivity contribution in [2.45, 2.75) is 25.8 Å². The maximum Gasteiger partial charge on any atom is 0.274 e. The number of hydrogen-bond acceptors (Lipinski definition) is 2. The zero-order valence-corrected chi connectivity index (χ0v) is 9.46. The van der Waals surface area contributed by atoms with Crippen molar-refractivity contribution in [3.8, 4) is 0 Å². The molecule has 0 radical (unpaired) electrons. The number of hydrogen-bond donors (Lipinski definition) is 1. The zero-order chi connectivity index (χ0) is 10.1. The largest absolute Gasteiger partial charge is 0.393 e. The van der Waals surface area contributed by atoms with Crippen LogP contribution in [-0.2, 0) is 6.54 Å². The normalized spacial score (nSPS) is 15.8. The summed E-state index contributed by atoms with van der Waals surface area (Å²) < 4.78 is 2.38. The Hall–Kier alpha value is -0.770. The SMILES string of the molecule is Nc1c(Br)ccn(CCC2CC2)c1=O. The van der Waals surface area contributed by atoms with Crippen LogP contribution in [0.2, 0.25) is 0 Å². The van der Waals surface area contributed by atoms with Gasteiger partial charge in [-0.3, -0.25) is 4.79 Å². The van der Waals surface area contributed by atoms with E-state index in [0.29, 0.717) is 10.2 Å². The van der Waals surface area contributed by atoms with Gasteiger partial charge in [0, 0.05) is 17.2 Å². The number of nitrogens with two attached hydrogens (primary N) is 1. The summed E-state index contributed by atoms with van der Waals surface area (Å²) >= 11 is 3.23. The van der Waals surface area contributed by atoms with Crippen LogP contribution in [0.1, 0.15) is 19.3 Å². The quantitative estimate of drug-likeness (QED) is 0.900. The molecule has 2 N–H and O–H groups in total. The van der Waals surface area contributed by atoms with Gasteiger partial charge in [0.15, 0.2) is 0 Å². The van der Waals surface area contributed by atoms with Gasteiger partial charge >= 0.3 is 0 Å². The summed E-state index contributed by atoms with van der Waals surface area (Å²) in [7, 11) is 0. The van der Waals surface area contributed by atoms with Gasteiger partial charge in [0.2, 0.25) is 0 Å². The Kier molecular flexibility index (Phi) is 2.63. The summed E-state index contributed by atoms with van der Waals surface area (Å²) in [5.41, 5.74) is 5.85. The van der Waals surface area contributed by atoms with Crippen molar-refractivity contribution >= 4 is 21.6 Å². The third-order valence-electron chi connectivity index (χ3n) is 2.62. The predicted molar refractivity (Wildman–Crippen MR) is 60.2 cm³/mol. The molecule has 2 rings (SSSR count). The fourth-order valence-electron chi connectivity index (χ4n) is 1.47. The van der Waals surface area contributed by atoms with Crippen molar-refractivity contribution in [3.05, 3.63) is 27.1 Å². The van der Waals surface area contributed by atoms with E-state index < -0.39 is 0 Å². The number of rotatable bonds is 3. The number of aryl methyl sites for hydroxylation is 1. The molecule has 4 heteroatoms. The second-order valence-corrected chi connectivity index (χ2v) is 4.66. The zero-order valence-electron chi connectivity index (χ0n) is 7.87. The summed E-state index contributed by atoms with van der Waals surface area (Å²) in [6, 6.07) is 1.82. The summed E-state index contributed by atoms with van der Waals surface area (Å²) in [6.45, 7) is 0.793. The number of aromatic nitrogens is 1. The van der Waals surface area contributed by atoms with Crippen LogP contribution in [0.25, 0.3) is 0 Å². The molecule has 76 valence electrons. The molecule has 0 saturated heterocycles. The third-order valence-corrected chi connectivity index (χ3v) is 3.32. The van der Waals surface area contributed by atoms with Crippen molar-refractivity contribution < 1.29 is 0 Å². The number of nitrogen functional groups attached to an aromatic ring is 1. The lowest BCUT2D eigenvalue weighted by Gasteiger charge is -2.06. The molecular weight excluding hydrogens is 244 g/mol. The molecule has 1 aromatic rings. The molecule has 0 atom stereocenters. The summed E-state index contributed by atoms with van der Waals surface area (Å²) in [4.78, 5) is 11.6. The van der Waals surface area contributed by atoms with Crippen LogP contribution in [0.4, 0.5) is 5.69 Å². The molecular formula is C10H13BrN2O. The molecule has 14 heavy (non-hydrogen) atoms. The summed E-state index contributed by atoms with van der Waals surface area (Å²) in [5.74, 6) is 0.840. The van der Waals surface area contributed by atoms with Gasteiger partial charge in [0.25, 0.3) is 5.56 Å². The molecule has 1 saturated carbocycles. The van der Waals surface area contributed by atoms with Crippen LogP contribution >= 0.6 is 15.9 Å². The first-order valence-electron chi connectivity index (χ1n) is 4.83. The maximum absolute atomic E-state index is 11.6. The van der Waals surface area contributed by atoms with Crippen molar-refractivity contribution in [3.63, 3.8) is 0 Å². The van der Waals surface area contributed by atoms with Gasteiger partial charge < -0.3 is 10.3 Å². The minimum Gasteiger partial charge on any atom is -0.393 e. The Bertz CT molecular complexity index is 396. The van der Waals surface area contributed by atoms with E-state index in [9.17, 15) is 4.79 Å². The van der Waals surface area contributed by atoms with Gasteiger partial charge in [-0.05, 0) is 34.3 Å². The molecule has 1 aliphatic rings. The van der Waals surface area contributed by atoms with Crippen LogP contribution < -0.4 is 11.3 Å². The van der Waals surface area contributed by atoms with E-state index in [2.05, 4.69) is 15.9 Å². The lowest BCUT2D eigenvalue weighted by Crippen LogP contribution is -2.22. The number of nitrogens with zero attached hydrogens (tertiary/aromatic N) is 1. The van der Waals surface area contributed by atoms with Crippen LogP contribution in [0.3, 0.4) is 0 Å². The second-order valence-electron chi connectivity index (χ2n) is 3.81. The van der Waals surface area contributed by atoms with E-state index >= 15 is 0 Å². The van der Waals surface area contributed by atoms with Crippen LogP contribution in [0.15, 0.2) is 21.5 Å². The molecule has 0 amide bonds. The first-order valence-corrected chi connectivity index (χ1v) is 5.62. The molecule has 0 spiro atoms. The number of halogens is 1. The molecule has 1 aliphatic carbocycles. The van der Waals surface area contributed by atoms with E-state index in [-0.39, 0.29) is 5.56 Å². The van der Waals surface area contributed by atoms with E-state index in [1.165, 1.54) is 12.8 Å². The third kappa shape index (κ3) is 2.00. The van der Waals surface area contributed by atoms with Crippen LogP contribution in [0.5, 0.6) is 0 Å². The fourth-order valence-corrected chi connectivity index (χ4v) is 1.76. The Morgan fingerprint density at radius 1 is 1.57 bits per heavy atom. The highest BCUT2D eigenvalue weighted by atomic mass is 79.9. The van der Waals surface area contributed by atoms with Crippen molar-refractivity contribution in [1.82, 2.24) is 4.57 Å². The van der Waals surface area contributed by atoms with E-state index in [4.69, 9.17) is 5.73 Å². The Labute approximate surface area is 91.0 Å². The molecule has 0 aliphatic heterocycles. The molecule has 1 fully saturated rings. The lowest BCUT2D eigenvalue weighted by atomic mass is 10.3. The molecule has 0 unspecified atom stereocenters. The maximum atomic E-state index is 11.6. The topological polar surface area (TPSA) is 48.0 Å².